The van der Waals surface area contributed by atoms with Crippen molar-refractivity contribution in [1.82, 2.24) is 20.3 Å². The van der Waals surface area contributed by atoms with Gasteiger partial charge >= 0.3 is 24.0 Å². The first-order valence-electron chi connectivity index (χ1n) is 11.5. The van der Waals surface area contributed by atoms with E-state index in [1.807, 2.05) is 0 Å². The number of esters is 1. The summed E-state index contributed by atoms with van der Waals surface area (Å²) < 4.78 is 37.1. The number of aliphatic hydroxyl groups excluding tert-OH is 4. The lowest BCUT2D eigenvalue weighted by Gasteiger charge is -2.47. The van der Waals surface area contributed by atoms with E-state index in [0.717, 1.165) is 0 Å². The Morgan fingerprint density at radius 3 is 2.05 bits per heavy atom. The Hall–Kier alpha value is -2.77. The molecule has 2 fully saturated rings. The zero-order valence-corrected chi connectivity index (χ0v) is 21.3. The average Bonchev–Trinajstić information content (AvgIpc) is 2.89. The number of nitrogens with zero attached hydrogens (tertiary/aromatic N) is 3. The van der Waals surface area contributed by atoms with Crippen LogP contribution in [0, 0.1) is 0 Å². The van der Waals surface area contributed by atoms with Crippen LogP contribution < -0.4 is 19.5 Å². The highest BCUT2D eigenvalue weighted by Crippen LogP contribution is 2.30. The normalized spacial score (nSPS) is 35.3. The van der Waals surface area contributed by atoms with Gasteiger partial charge in [0.2, 0.25) is 5.91 Å². The van der Waals surface area contributed by atoms with E-state index in [-0.39, 0.29) is 12.0 Å². The molecule has 2 saturated heterocycles. The molecule has 2 aliphatic heterocycles. The topological polar surface area (TPSA) is 230 Å². The fraction of sp³-hybridized carbons (Fsp3) is 0.762. The standard InChI is InChI=1S/C21H32N4O13/c1-7-10(22-8(2)27)14(11(28)9(6-26)35-7)36-18-13(30)12(29)15(32-3)16(37-18)17(31)38-21-24-19(33-4)23-20(25-21)34-5/h7,9-16,18,26,28-30H,6H2,1-5H3,(H,22,27)/t7?,9?,10?,11-,12-,13?,14-,15+,16?,18-/m1/s1. The summed E-state index contributed by atoms with van der Waals surface area (Å²) >= 11 is 0. The van der Waals surface area contributed by atoms with E-state index in [1.165, 1.54) is 28.3 Å². The largest absolute Gasteiger partial charge is 0.467 e. The Morgan fingerprint density at radius 2 is 1.53 bits per heavy atom. The number of rotatable bonds is 9. The molecule has 1 amide bonds. The van der Waals surface area contributed by atoms with E-state index >= 15 is 0 Å². The SMILES string of the molecule is COc1nc(OC)nc(OC(=O)C2O[C@@H](O[C@@H]3C(NC(C)=O)C(C)OC(CO)[C@H]3O)C(O)[C@@H](O)[C@@H]2OC)n1. The lowest BCUT2D eigenvalue weighted by atomic mass is 9.92. The lowest BCUT2D eigenvalue weighted by Crippen LogP contribution is -2.67. The summed E-state index contributed by atoms with van der Waals surface area (Å²) in [5.74, 6) is -1.61. The number of hydrogen-bond donors (Lipinski definition) is 5. The molecule has 17 heteroatoms. The van der Waals surface area contributed by atoms with Crippen molar-refractivity contribution in [3.8, 4) is 18.0 Å². The van der Waals surface area contributed by atoms with Crippen LogP contribution in [0.4, 0.5) is 0 Å². The molecular weight excluding hydrogens is 516 g/mol. The number of hydrogen-bond acceptors (Lipinski definition) is 16. The van der Waals surface area contributed by atoms with Crippen molar-refractivity contribution >= 4 is 11.9 Å². The van der Waals surface area contributed by atoms with Gasteiger partial charge in [0.1, 0.15) is 36.6 Å². The molecule has 5 N–H and O–H groups in total. The second-order valence-corrected chi connectivity index (χ2v) is 8.50. The quantitative estimate of drug-likeness (QED) is 0.187. The second kappa shape index (κ2) is 12.9. The molecule has 2 aliphatic rings. The van der Waals surface area contributed by atoms with E-state index in [1.54, 1.807) is 6.92 Å². The van der Waals surface area contributed by atoms with Gasteiger partial charge in [0.25, 0.3) is 0 Å². The van der Waals surface area contributed by atoms with Crippen molar-refractivity contribution in [2.75, 3.05) is 27.9 Å². The minimum atomic E-state index is -1.77. The van der Waals surface area contributed by atoms with Crippen LogP contribution in [-0.4, -0.2) is 136 Å². The molecule has 0 radical (unpaired) electrons. The van der Waals surface area contributed by atoms with Gasteiger partial charge in [-0.25, -0.2) is 4.79 Å². The minimum absolute atomic E-state index is 0.214. The molecule has 0 aliphatic carbocycles. The molecule has 0 spiro atoms. The maximum atomic E-state index is 13.0. The van der Waals surface area contributed by atoms with Gasteiger partial charge in [0, 0.05) is 14.0 Å². The Balaban J connectivity index is 1.85. The summed E-state index contributed by atoms with van der Waals surface area (Å²) in [6.45, 7) is 2.25. The number of ether oxygens (including phenoxy) is 7. The van der Waals surface area contributed by atoms with Gasteiger partial charge in [-0.2, -0.15) is 0 Å². The predicted molar refractivity (Wildman–Crippen MR) is 120 cm³/mol. The Kier molecular flexibility index (Phi) is 10.1. The molecule has 1 aromatic rings. The lowest BCUT2D eigenvalue weighted by molar-refractivity contribution is -0.327. The number of nitrogens with one attached hydrogen (secondary N) is 1. The van der Waals surface area contributed by atoms with Crippen molar-refractivity contribution in [3.63, 3.8) is 0 Å². The van der Waals surface area contributed by atoms with E-state index in [4.69, 9.17) is 33.2 Å². The van der Waals surface area contributed by atoms with Crippen LogP contribution in [-0.2, 0) is 28.5 Å². The molecule has 0 saturated carbocycles. The summed E-state index contributed by atoms with van der Waals surface area (Å²) in [7, 11) is 3.71. The third kappa shape index (κ3) is 6.44. The monoisotopic (exact) mass is 548 g/mol. The molecular formula is C21H32N4O13. The van der Waals surface area contributed by atoms with Gasteiger partial charge in [0.15, 0.2) is 12.4 Å². The summed E-state index contributed by atoms with van der Waals surface area (Å²) in [5.41, 5.74) is 0. The molecule has 10 atom stereocenters. The molecule has 5 unspecified atom stereocenters. The number of carbonyl (C=O) groups excluding carboxylic acids is 2. The van der Waals surface area contributed by atoms with Crippen LogP contribution in [0.1, 0.15) is 13.8 Å². The molecule has 0 bridgehead atoms. The summed E-state index contributed by atoms with van der Waals surface area (Å²) in [4.78, 5) is 36.2. The van der Waals surface area contributed by atoms with Crippen LogP contribution >= 0.6 is 0 Å². The number of methoxy groups -OCH3 is 3. The van der Waals surface area contributed by atoms with Crippen LogP contribution in [0.3, 0.4) is 0 Å². The summed E-state index contributed by atoms with van der Waals surface area (Å²) in [6, 6.07) is -1.89. The molecule has 0 aromatic carbocycles. The first-order valence-corrected chi connectivity index (χ1v) is 11.5. The Bertz CT molecular complexity index is 949. The van der Waals surface area contributed by atoms with Gasteiger partial charge in [-0.3, -0.25) is 4.79 Å². The van der Waals surface area contributed by atoms with Crippen molar-refractivity contribution in [3.05, 3.63) is 0 Å². The van der Waals surface area contributed by atoms with Crippen LogP contribution in [0.2, 0.25) is 0 Å². The highest BCUT2D eigenvalue weighted by Gasteiger charge is 2.53. The number of amides is 1. The third-order valence-electron chi connectivity index (χ3n) is 5.99. The van der Waals surface area contributed by atoms with Crippen molar-refractivity contribution in [2.24, 2.45) is 0 Å². The third-order valence-corrected chi connectivity index (χ3v) is 5.99. The van der Waals surface area contributed by atoms with Crippen molar-refractivity contribution in [1.29, 1.82) is 0 Å². The van der Waals surface area contributed by atoms with Crippen molar-refractivity contribution < 1.29 is 63.2 Å². The number of aliphatic hydroxyl groups is 4. The Morgan fingerprint density at radius 1 is 0.921 bits per heavy atom. The molecule has 3 rings (SSSR count). The van der Waals surface area contributed by atoms with Crippen LogP contribution in [0.5, 0.6) is 18.0 Å². The smallest absolute Gasteiger partial charge is 0.346 e. The molecule has 214 valence electrons. The number of carbonyl (C=O) groups is 2. The minimum Gasteiger partial charge on any atom is -0.467 e. The van der Waals surface area contributed by atoms with E-state index in [9.17, 15) is 30.0 Å². The zero-order valence-electron chi connectivity index (χ0n) is 21.3. The van der Waals surface area contributed by atoms with Crippen molar-refractivity contribution in [2.45, 2.75) is 75.0 Å². The van der Waals surface area contributed by atoms with E-state index in [0.29, 0.717) is 0 Å². The molecule has 1 aromatic heterocycles. The fourth-order valence-corrected chi connectivity index (χ4v) is 4.14. The predicted octanol–water partition coefficient (Wildman–Crippen LogP) is -3.71. The summed E-state index contributed by atoms with van der Waals surface area (Å²) in [6.07, 6.45) is -12.9. The highest BCUT2D eigenvalue weighted by atomic mass is 16.7. The van der Waals surface area contributed by atoms with Gasteiger partial charge in [-0.15, -0.1) is 15.0 Å². The maximum Gasteiger partial charge on any atom is 0.346 e. The number of aromatic nitrogens is 3. The highest BCUT2D eigenvalue weighted by molar-refractivity contribution is 5.77. The second-order valence-electron chi connectivity index (χ2n) is 8.50. The van der Waals surface area contributed by atoms with E-state index in [2.05, 4.69) is 20.3 Å². The summed E-state index contributed by atoms with van der Waals surface area (Å²) in [5, 5.41) is 44.3. The average molecular weight is 549 g/mol. The zero-order chi connectivity index (χ0) is 28.1. The first kappa shape index (κ1) is 29.8. The van der Waals surface area contributed by atoms with Gasteiger partial charge in [-0.05, 0) is 6.92 Å². The maximum absolute atomic E-state index is 13.0. The molecule has 38 heavy (non-hydrogen) atoms. The molecule has 3 heterocycles. The van der Waals surface area contributed by atoms with Crippen LogP contribution in [0.15, 0.2) is 0 Å². The Labute approximate surface area is 216 Å². The fourth-order valence-electron chi connectivity index (χ4n) is 4.14. The first-order chi connectivity index (χ1) is 18.0. The van der Waals surface area contributed by atoms with Gasteiger partial charge < -0.3 is 58.9 Å². The van der Waals surface area contributed by atoms with E-state index < -0.39 is 85.7 Å². The van der Waals surface area contributed by atoms with Gasteiger partial charge in [-0.1, -0.05) is 0 Å². The van der Waals surface area contributed by atoms with Crippen LogP contribution in [0.25, 0.3) is 0 Å². The molecule has 17 nitrogen and oxygen atoms in total. The van der Waals surface area contributed by atoms with Gasteiger partial charge in [0.05, 0.1) is 33.0 Å².